The van der Waals surface area contributed by atoms with Crippen LogP contribution in [-0.4, -0.2) is 16.2 Å². The highest BCUT2D eigenvalue weighted by Gasteiger charge is 2.10. The van der Waals surface area contributed by atoms with E-state index in [2.05, 4.69) is 10.5 Å². The lowest BCUT2D eigenvalue weighted by Gasteiger charge is -2.03. The van der Waals surface area contributed by atoms with Crippen LogP contribution in [0.1, 0.15) is 21.8 Å². The minimum Gasteiger partial charge on any atom is -0.508 e. The van der Waals surface area contributed by atoms with Gasteiger partial charge in [0.25, 0.3) is 5.91 Å². The Morgan fingerprint density at radius 2 is 2.29 bits per heavy atom. The number of phenols is 1. The highest BCUT2D eigenvalue weighted by molar-refractivity contribution is 5.91. The molecule has 0 fully saturated rings. The summed E-state index contributed by atoms with van der Waals surface area (Å²) in [5.74, 6) is 0.0313. The number of nitrogens with one attached hydrogen (secondary N) is 1. The highest BCUT2D eigenvalue weighted by atomic mass is 16.5. The molecule has 0 saturated heterocycles. The van der Waals surface area contributed by atoms with Gasteiger partial charge in [0.1, 0.15) is 5.75 Å². The van der Waals surface area contributed by atoms with Crippen LogP contribution in [0, 0.1) is 6.92 Å². The molecule has 0 radical (unpaired) electrons. The molecular weight excluding hydrogens is 220 g/mol. The van der Waals surface area contributed by atoms with Crippen molar-refractivity contribution in [3.8, 4) is 5.75 Å². The van der Waals surface area contributed by atoms with Gasteiger partial charge in [0.15, 0.2) is 0 Å². The largest absolute Gasteiger partial charge is 0.508 e. The Balaban J connectivity index is 1.97. The summed E-state index contributed by atoms with van der Waals surface area (Å²) in [6, 6.07) is 8.26. The molecule has 88 valence electrons. The van der Waals surface area contributed by atoms with E-state index in [1.807, 2.05) is 6.07 Å². The minimum atomic E-state index is -0.325. The van der Waals surface area contributed by atoms with E-state index in [1.165, 1.54) is 0 Å². The predicted molar refractivity (Wildman–Crippen MR) is 60.5 cm³/mol. The number of carbonyl (C=O) groups is 1. The number of nitrogens with zero attached hydrogens (tertiary/aromatic N) is 1. The molecule has 1 amide bonds. The molecule has 2 rings (SSSR count). The number of rotatable bonds is 3. The summed E-state index contributed by atoms with van der Waals surface area (Å²) < 4.78 is 4.83. The number of hydrogen-bond acceptors (Lipinski definition) is 4. The van der Waals surface area contributed by atoms with Gasteiger partial charge >= 0.3 is 0 Å². The molecule has 2 N–H and O–H groups in total. The van der Waals surface area contributed by atoms with E-state index >= 15 is 0 Å². The molecule has 1 aromatic heterocycles. The van der Waals surface area contributed by atoms with Crippen LogP contribution in [0.15, 0.2) is 34.9 Å². The number of phenolic OH excluding ortho intramolecular Hbond substituents is 1. The van der Waals surface area contributed by atoms with Crippen LogP contribution in [0.4, 0.5) is 0 Å². The normalized spacial score (nSPS) is 10.2. The van der Waals surface area contributed by atoms with E-state index in [9.17, 15) is 9.90 Å². The Morgan fingerprint density at radius 3 is 2.94 bits per heavy atom. The van der Waals surface area contributed by atoms with Crippen molar-refractivity contribution >= 4 is 5.91 Å². The lowest BCUT2D eigenvalue weighted by molar-refractivity contribution is 0.0914. The topological polar surface area (TPSA) is 75.4 Å². The first kappa shape index (κ1) is 11.2. The summed E-state index contributed by atoms with van der Waals surface area (Å²) >= 11 is 0. The first-order valence-electron chi connectivity index (χ1n) is 5.14. The summed E-state index contributed by atoms with van der Waals surface area (Å²) in [5, 5.41) is 15.6. The van der Waals surface area contributed by atoms with Crippen LogP contribution in [0.25, 0.3) is 0 Å². The van der Waals surface area contributed by atoms with Crippen molar-refractivity contribution in [2.24, 2.45) is 0 Å². The highest BCUT2D eigenvalue weighted by Crippen LogP contribution is 2.10. The van der Waals surface area contributed by atoms with Crippen LogP contribution in [0.5, 0.6) is 5.75 Å². The first-order valence-corrected chi connectivity index (χ1v) is 5.14. The van der Waals surface area contributed by atoms with Gasteiger partial charge in [0.2, 0.25) is 5.76 Å². The Hall–Kier alpha value is -2.30. The number of aromatic hydroxyl groups is 1. The quantitative estimate of drug-likeness (QED) is 0.843. The van der Waals surface area contributed by atoms with Crippen LogP contribution in [0.3, 0.4) is 0 Å². The standard InChI is InChI=1S/C12H12N2O3/c1-8-5-11(17-14-8)12(16)13-7-9-3-2-4-10(15)6-9/h2-6,15H,7H2,1H3,(H,13,16). The second-order valence-electron chi connectivity index (χ2n) is 3.69. The molecule has 1 heterocycles. The molecular formula is C12H12N2O3. The third-order valence-corrected chi connectivity index (χ3v) is 2.22. The maximum atomic E-state index is 11.6. The van der Waals surface area contributed by atoms with E-state index in [1.54, 1.807) is 31.2 Å². The average Bonchev–Trinajstić information content (AvgIpc) is 2.73. The fourth-order valence-corrected chi connectivity index (χ4v) is 1.41. The summed E-state index contributed by atoms with van der Waals surface area (Å²) in [5.41, 5.74) is 1.47. The SMILES string of the molecule is Cc1cc(C(=O)NCc2cccc(O)c2)on1. The molecule has 0 aliphatic rings. The van der Waals surface area contributed by atoms with Crippen LogP contribution < -0.4 is 5.32 Å². The lowest BCUT2D eigenvalue weighted by atomic mass is 10.2. The average molecular weight is 232 g/mol. The summed E-state index contributed by atoms with van der Waals surface area (Å²) in [6.07, 6.45) is 0. The van der Waals surface area contributed by atoms with Crippen molar-refractivity contribution in [1.82, 2.24) is 10.5 Å². The zero-order chi connectivity index (χ0) is 12.3. The summed E-state index contributed by atoms with van der Waals surface area (Å²) in [6.45, 7) is 2.07. The minimum absolute atomic E-state index is 0.173. The van der Waals surface area contributed by atoms with Crippen molar-refractivity contribution < 1.29 is 14.4 Å². The van der Waals surface area contributed by atoms with Crippen LogP contribution in [-0.2, 0) is 6.54 Å². The third kappa shape index (κ3) is 2.84. The maximum absolute atomic E-state index is 11.6. The van der Waals surface area contributed by atoms with Gasteiger partial charge in [0.05, 0.1) is 5.69 Å². The molecule has 5 nitrogen and oxygen atoms in total. The Morgan fingerprint density at radius 1 is 1.47 bits per heavy atom. The van der Waals surface area contributed by atoms with E-state index in [0.29, 0.717) is 12.2 Å². The molecule has 0 bridgehead atoms. The predicted octanol–water partition coefficient (Wildman–Crippen LogP) is 1.62. The molecule has 5 heteroatoms. The summed E-state index contributed by atoms with van der Waals surface area (Å²) in [7, 11) is 0. The number of amides is 1. The molecule has 0 aliphatic carbocycles. The van der Waals surface area contributed by atoms with Crippen molar-refractivity contribution in [3.63, 3.8) is 0 Å². The Labute approximate surface area is 98.1 Å². The molecule has 2 aromatic rings. The van der Waals surface area contributed by atoms with E-state index in [-0.39, 0.29) is 17.4 Å². The van der Waals surface area contributed by atoms with Gasteiger partial charge in [0, 0.05) is 12.6 Å². The van der Waals surface area contributed by atoms with Gasteiger partial charge in [-0.1, -0.05) is 17.3 Å². The van der Waals surface area contributed by atoms with E-state index < -0.39 is 0 Å². The second kappa shape index (κ2) is 4.69. The maximum Gasteiger partial charge on any atom is 0.290 e. The smallest absolute Gasteiger partial charge is 0.290 e. The van der Waals surface area contributed by atoms with Gasteiger partial charge < -0.3 is 14.9 Å². The van der Waals surface area contributed by atoms with Crippen molar-refractivity contribution in [1.29, 1.82) is 0 Å². The molecule has 17 heavy (non-hydrogen) atoms. The van der Waals surface area contributed by atoms with Gasteiger partial charge in [-0.05, 0) is 24.6 Å². The van der Waals surface area contributed by atoms with Gasteiger partial charge in [-0.3, -0.25) is 4.79 Å². The van der Waals surface area contributed by atoms with Crippen LogP contribution in [0.2, 0.25) is 0 Å². The summed E-state index contributed by atoms with van der Waals surface area (Å²) in [4.78, 5) is 11.6. The number of aryl methyl sites for hydroxylation is 1. The molecule has 0 saturated carbocycles. The van der Waals surface area contributed by atoms with Crippen LogP contribution >= 0.6 is 0 Å². The van der Waals surface area contributed by atoms with Crippen molar-refractivity contribution in [3.05, 3.63) is 47.3 Å². The van der Waals surface area contributed by atoms with Crippen molar-refractivity contribution in [2.75, 3.05) is 0 Å². The number of aromatic nitrogens is 1. The molecule has 0 atom stereocenters. The fraction of sp³-hybridized carbons (Fsp3) is 0.167. The second-order valence-corrected chi connectivity index (χ2v) is 3.69. The molecule has 0 spiro atoms. The number of hydrogen-bond donors (Lipinski definition) is 2. The fourth-order valence-electron chi connectivity index (χ4n) is 1.41. The van der Waals surface area contributed by atoms with Gasteiger partial charge in [-0.25, -0.2) is 0 Å². The zero-order valence-electron chi connectivity index (χ0n) is 9.30. The monoisotopic (exact) mass is 232 g/mol. The zero-order valence-corrected chi connectivity index (χ0v) is 9.30. The number of benzene rings is 1. The van der Waals surface area contributed by atoms with E-state index in [0.717, 1.165) is 5.56 Å². The Bertz CT molecular complexity index is 534. The number of carbonyl (C=O) groups excluding carboxylic acids is 1. The van der Waals surface area contributed by atoms with Gasteiger partial charge in [-0.15, -0.1) is 0 Å². The molecule has 0 aliphatic heterocycles. The Kier molecular flexibility index (Phi) is 3.09. The van der Waals surface area contributed by atoms with Crippen molar-refractivity contribution in [2.45, 2.75) is 13.5 Å². The van der Waals surface area contributed by atoms with E-state index in [4.69, 9.17) is 4.52 Å². The third-order valence-electron chi connectivity index (χ3n) is 2.22. The first-order chi connectivity index (χ1) is 8.15. The lowest BCUT2D eigenvalue weighted by Crippen LogP contribution is -2.22. The molecule has 1 aromatic carbocycles. The van der Waals surface area contributed by atoms with Gasteiger partial charge in [-0.2, -0.15) is 0 Å². The molecule has 0 unspecified atom stereocenters.